The highest BCUT2D eigenvalue weighted by Crippen LogP contribution is 2.41. The fourth-order valence-corrected chi connectivity index (χ4v) is 3.59. The second kappa shape index (κ2) is 5.94. The number of hydrogen-bond donors (Lipinski definition) is 1. The van der Waals surface area contributed by atoms with Crippen LogP contribution >= 0.6 is 0 Å². The Morgan fingerprint density at radius 2 is 2.08 bits per heavy atom. The normalized spacial score (nSPS) is 24.5. The van der Waals surface area contributed by atoms with Crippen molar-refractivity contribution < 1.29 is 4.79 Å². The molecule has 1 aliphatic rings. The van der Waals surface area contributed by atoms with Crippen molar-refractivity contribution in [3.8, 4) is 6.07 Å². The van der Waals surface area contributed by atoms with Gasteiger partial charge < -0.3 is 9.72 Å². The molecule has 1 amide bonds. The first-order valence-corrected chi connectivity index (χ1v) is 8.49. The Morgan fingerprint density at radius 1 is 1.38 bits per heavy atom. The minimum Gasteiger partial charge on any atom is -0.334 e. The maximum absolute atomic E-state index is 12.6. The minimum absolute atomic E-state index is 0.193. The van der Waals surface area contributed by atoms with E-state index in [2.05, 4.69) is 37.1 Å². The summed E-state index contributed by atoms with van der Waals surface area (Å²) < 4.78 is 1.81. The van der Waals surface area contributed by atoms with Gasteiger partial charge in [-0.15, -0.1) is 0 Å². The molecule has 3 rings (SSSR count). The second-order valence-electron chi connectivity index (χ2n) is 7.90. The monoisotopic (exact) mass is 324 g/mol. The third-order valence-electron chi connectivity index (χ3n) is 5.28. The number of pyridine rings is 1. The third kappa shape index (κ3) is 3.14. The molecule has 2 aromatic rings. The van der Waals surface area contributed by atoms with E-state index in [-0.39, 0.29) is 11.3 Å². The van der Waals surface area contributed by atoms with Crippen LogP contribution in [0.3, 0.4) is 0 Å². The van der Waals surface area contributed by atoms with E-state index in [0.29, 0.717) is 24.3 Å². The number of aromatic nitrogens is 2. The summed E-state index contributed by atoms with van der Waals surface area (Å²) in [6.45, 7) is 6.74. The van der Waals surface area contributed by atoms with Crippen LogP contribution in [0.15, 0.2) is 30.7 Å². The molecule has 0 spiro atoms. The lowest BCUT2D eigenvalue weighted by Gasteiger charge is -2.40. The fourth-order valence-electron chi connectivity index (χ4n) is 3.59. The van der Waals surface area contributed by atoms with Crippen molar-refractivity contribution in [2.45, 2.75) is 52.0 Å². The van der Waals surface area contributed by atoms with Crippen LogP contribution in [0, 0.1) is 22.7 Å². The van der Waals surface area contributed by atoms with Gasteiger partial charge in [-0.05, 0) is 49.1 Å². The molecule has 1 aliphatic carbocycles. The molecule has 24 heavy (non-hydrogen) atoms. The highest BCUT2D eigenvalue weighted by Gasteiger charge is 2.40. The number of nitriles is 1. The molecular formula is C19H24N4O. The zero-order chi connectivity index (χ0) is 17.4. The molecule has 0 bridgehead atoms. The van der Waals surface area contributed by atoms with Gasteiger partial charge in [0.25, 0.3) is 5.91 Å². The number of rotatable bonds is 2. The summed E-state index contributed by atoms with van der Waals surface area (Å²) in [4.78, 5) is 16.8. The number of amides is 1. The maximum Gasteiger partial charge on any atom is 0.254 e. The molecule has 5 heteroatoms. The number of carbonyl (C=O) groups excluding carboxylic acids is 1. The van der Waals surface area contributed by atoms with Gasteiger partial charge in [0.05, 0.1) is 11.6 Å². The Kier molecular flexibility index (Phi) is 4.08. The van der Waals surface area contributed by atoms with Crippen LogP contribution in [-0.4, -0.2) is 20.8 Å². The van der Waals surface area contributed by atoms with E-state index in [1.807, 2.05) is 10.5 Å². The quantitative estimate of drug-likeness (QED) is 0.918. The number of imidazole rings is 1. The van der Waals surface area contributed by atoms with Gasteiger partial charge in [0.15, 0.2) is 0 Å². The molecule has 2 aromatic heterocycles. The van der Waals surface area contributed by atoms with Gasteiger partial charge in [-0.3, -0.25) is 4.79 Å². The van der Waals surface area contributed by atoms with Crippen LogP contribution in [0.2, 0.25) is 0 Å². The highest BCUT2D eigenvalue weighted by molar-refractivity contribution is 5.95. The van der Waals surface area contributed by atoms with Gasteiger partial charge >= 0.3 is 0 Å². The Balaban J connectivity index is 1.73. The SMILES string of the molecule is CC(C)(C)C1CCC(C#N)(NC(=O)c2ccc3nccn3c2)CC1. The Hall–Kier alpha value is -2.35. The first-order chi connectivity index (χ1) is 11.3. The van der Waals surface area contributed by atoms with E-state index in [1.165, 1.54) is 0 Å². The average Bonchev–Trinajstić information content (AvgIpc) is 3.02. The predicted molar refractivity (Wildman–Crippen MR) is 92.4 cm³/mol. The molecule has 1 fully saturated rings. The van der Waals surface area contributed by atoms with Crippen LogP contribution < -0.4 is 5.32 Å². The van der Waals surface area contributed by atoms with E-state index in [1.54, 1.807) is 24.7 Å². The smallest absolute Gasteiger partial charge is 0.254 e. The Morgan fingerprint density at radius 3 is 2.71 bits per heavy atom. The lowest BCUT2D eigenvalue weighted by molar-refractivity contribution is 0.0855. The van der Waals surface area contributed by atoms with Crippen LogP contribution in [-0.2, 0) is 0 Å². The molecular weight excluding hydrogens is 300 g/mol. The van der Waals surface area contributed by atoms with Crippen molar-refractivity contribution >= 4 is 11.6 Å². The molecule has 1 saturated carbocycles. The van der Waals surface area contributed by atoms with Crippen molar-refractivity contribution in [3.63, 3.8) is 0 Å². The molecule has 1 N–H and O–H groups in total. The van der Waals surface area contributed by atoms with Crippen LogP contribution in [0.5, 0.6) is 0 Å². The van der Waals surface area contributed by atoms with Crippen LogP contribution in [0.4, 0.5) is 0 Å². The topological polar surface area (TPSA) is 70.2 Å². The van der Waals surface area contributed by atoms with Crippen molar-refractivity contribution in [3.05, 3.63) is 36.3 Å². The van der Waals surface area contributed by atoms with Gasteiger partial charge in [-0.2, -0.15) is 5.26 Å². The molecule has 126 valence electrons. The summed E-state index contributed by atoms with van der Waals surface area (Å²) in [5.41, 5.74) is 0.848. The lowest BCUT2D eigenvalue weighted by atomic mass is 9.67. The molecule has 0 unspecified atom stereocenters. The van der Waals surface area contributed by atoms with Gasteiger partial charge in [0, 0.05) is 18.6 Å². The molecule has 0 radical (unpaired) electrons. The first kappa shape index (κ1) is 16.5. The summed E-state index contributed by atoms with van der Waals surface area (Å²) in [5.74, 6) is 0.402. The van der Waals surface area contributed by atoms with Gasteiger partial charge in [-0.1, -0.05) is 20.8 Å². The van der Waals surface area contributed by atoms with E-state index >= 15 is 0 Å². The summed E-state index contributed by atoms with van der Waals surface area (Å²) in [5, 5.41) is 12.7. The molecule has 2 heterocycles. The Bertz CT molecular complexity index is 786. The summed E-state index contributed by atoms with van der Waals surface area (Å²) >= 11 is 0. The molecule has 5 nitrogen and oxygen atoms in total. The minimum atomic E-state index is -0.747. The number of carbonyl (C=O) groups is 1. The van der Waals surface area contributed by atoms with Crippen molar-refractivity contribution in [1.82, 2.24) is 14.7 Å². The number of fused-ring (bicyclic) bond motifs is 1. The summed E-state index contributed by atoms with van der Waals surface area (Å²) in [6.07, 6.45) is 8.62. The molecule has 0 aromatic carbocycles. The van der Waals surface area contributed by atoms with Gasteiger partial charge in [-0.25, -0.2) is 4.98 Å². The van der Waals surface area contributed by atoms with E-state index < -0.39 is 5.54 Å². The zero-order valence-corrected chi connectivity index (χ0v) is 14.5. The van der Waals surface area contributed by atoms with Crippen molar-refractivity contribution in [2.75, 3.05) is 0 Å². The average molecular weight is 324 g/mol. The number of nitrogens with one attached hydrogen (secondary N) is 1. The van der Waals surface area contributed by atoms with Crippen LogP contribution in [0.25, 0.3) is 5.65 Å². The Labute approximate surface area is 142 Å². The predicted octanol–water partition coefficient (Wildman–Crippen LogP) is 3.56. The number of hydrogen-bond acceptors (Lipinski definition) is 3. The first-order valence-electron chi connectivity index (χ1n) is 8.49. The zero-order valence-electron chi connectivity index (χ0n) is 14.5. The second-order valence-corrected chi connectivity index (χ2v) is 7.90. The standard InChI is InChI=1S/C19H24N4O/c1-18(2,3)15-6-8-19(13-20,9-7-15)22-17(24)14-4-5-16-21-10-11-23(16)12-14/h4-5,10-12,15H,6-9H2,1-3H3,(H,22,24). The maximum atomic E-state index is 12.6. The fraction of sp³-hybridized carbons (Fsp3) is 0.526. The van der Waals surface area contributed by atoms with Gasteiger partial charge in [0.1, 0.15) is 11.2 Å². The largest absolute Gasteiger partial charge is 0.334 e. The van der Waals surface area contributed by atoms with E-state index in [0.717, 1.165) is 18.5 Å². The van der Waals surface area contributed by atoms with Crippen molar-refractivity contribution in [1.29, 1.82) is 5.26 Å². The van der Waals surface area contributed by atoms with E-state index in [9.17, 15) is 10.1 Å². The molecule has 0 saturated heterocycles. The highest BCUT2D eigenvalue weighted by atomic mass is 16.1. The van der Waals surface area contributed by atoms with Gasteiger partial charge in [0.2, 0.25) is 0 Å². The lowest BCUT2D eigenvalue weighted by Crippen LogP contribution is -2.50. The van der Waals surface area contributed by atoms with E-state index in [4.69, 9.17) is 0 Å². The van der Waals surface area contributed by atoms with Crippen LogP contribution in [0.1, 0.15) is 56.8 Å². The summed E-state index contributed by atoms with van der Waals surface area (Å²) in [6, 6.07) is 5.93. The van der Waals surface area contributed by atoms with Crippen molar-refractivity contribution in [2.24, 2.45) is 11.3 Å². The molecule has 0 atom stereocenters. The molecule has 0 aliphatic heterocycles. The third-order valence-corrected chi connectivity index (χ3v) is 5.28. The summed E-state index contributed by atoms with van der Waals surface area (Å²) in [7, 11) is 0. The number of nitrogens with zero attached hydrogens (tertiary/aromatic N) is 3.